The number of rotatable bonds is 8. The average Bonchev–Trinajstić information content (AvgIpc) is 3.47. The molecule has 0 bridgehead atoms. The van der Waals surface area contributed by atoms with Crippen LogP contribution in [0, 0.1) is 0 Å². The molecule has 48 heavy (non-hydrogen) atoms. The van der Waals surface area contributed by atoms with Gasteiger partial charge in [0.1, 0.15) is 24.1 Å². The Labute approximate surface area is 277 Å². The van der Waals surface area contributed by atoms with Crippen molar-refractivity contribution in [2.75, 3.05) is 28.7 Å². The van der Waals surface area contributed by atoms with E-state index in [-0.39, 0.29) is 29.7 Å². The number of nitrogens with zero attached hydrogens (tertiary/aromatic N) is 3. The predicted octanol–water partition coefficient (Wildman–Crippen LogP) is 5.34. The van der Waals surface area contributed by atoms with Gasteiger partial charge in [0.15, 0.2) is 5.82 Å². The number of hydrogen-bond acceptors (Lipinski definition) is 8. The van der Waals surface area contributed by atoms with Crippen molar-refractivity contribution in [1.82, 2.24) is 10.2 Å². The third-order valence-corrected chi connectivity index (χ3v) is 9.42. The number of aromatic hydroxyl groups is 1. The number of ether oxygens (including phenoxy) is 1. The lowest BCUT2D eigenvalue weighted by atomic mass is 9.99. The molecule has 7 rings (SSSR count). The van der Waals surface area contributed by atoms with Crippen molar-refractivity contribution in [3.05, 3.63) is 126 Å². The summed E-state index contributed by atoms with van der Waals surface area (Å²) in [5.74, 6) is 0.638. The van der Waals surface area contributed by atoms with Crippen molar-refractivity contribution in [3.63, 3.8) is 0 Å². The van der Waals surface area contributed by atoms with E-state index in [9.17, 15) is 18.3 Å². The fraction of sp³-hybridized carbons (Fsp3) is 0.111. The van der Waals surface area contributed by atoms with E-state index in [1.807, 2.05) is 53.4 Å². The van der Waals surface area contributed by atoms with E-state index in [2.05, 4.69) is 10.2 Å². The molecule has 0 spiro atoms. The lowest BCUT2D eigenvalue weighted by Gasteiger charge is -2.38. The number of aromatic nitrogens is 2. The van der Waals surface area contributed by atoms with Crippen molar-refractivity contribution in [1.29, 1.82) is 0 Å². The summed E-state index contributed by atoms with van der Waals surface area (Å²) < 4.78 is 30.7. The maximum absolute atomic E-state index is 15.0. The number of amides is 1. The van der Waals surface area contributed by atoms with Crippen LogP contribution in [0.4, 0.5) is 17.2 Å². The van der Waals surface area contributed by atoms with E-state index < -0.39 is 16.1 Å². The maximum atomic E-state index is 15.0. The molecule has 0 aliphatic carbocycles. The summed E-state index contributed by atoms with van der Waals surface area (Å²) in [6.07, 6.45) is 0. The van der Waals surface area contributed by atoms with Crippen LogP contribution in [-0.4, -0.2) is 42.8 Å². The minimum atomic E-state index is -3.99. The number of nitrogens with one attached hydrogen (secondary N) is 1. The number of primary sulfonamides is 1. The third-order valence-electron chi connectivity index (χ3n) is 8.45. The number of fused-ring (bicyclic) bond motifs is 2. The zero-order valence-electron chi connectivity index (χ0n) is 25.7. The van der Waals surface area contributed by atoms with Crippen LogP contribution >= 0.6 is 0 Å². The van der Waals surface area contributed by atoms with Gasteiger partial charge in [-0.2, -0.15) is 5.10 Å². The van der Waals surface area contributed by atoms with Gasteiger partial charge in [0.25, 0.3) is 5.91 Å². The standard InChI is InChI=1S/C36H32N6O5S/c37-35-29-21-26(13-16-30(29)39-40-35)42(22-23-6-2-1-3-7-23)34(24-10-14-27(43)15-11-24)36(44)41-18-19-47-32-20-25(12-17-31(32)41)28-8-4-5-9-33(28)48(38,45)46/h1-17,20-21,34,43H,18-19,22H2,(H3,37,39,40)(H2,38,45,46). The van der Waals surface area contributed by atoms with Crippen LogP contribution in [0.1, 0.15) is 17.2 Å². The molecule has 0 saturated heterocycles. The van der Waals surface area contributed by atoms with Gasteiger partial charge in [0, 0.05) is 23.2 Å². The van der Waals surface area contributed by atoms with Gasteiger partial charge in [0.05, 0.1) is 22.6 Å². The van der Waals surface area contributed by atoms with Gasteiger partial charge in [-0.3, -0.25) is 9.89 Å². The average molecular weight is 661 g/mol. The van der Waals surface area contributed by atoms with Gasteiger partial charge in [-0.25, -0.2) is 13.6 Å². The number of carbonyl (C=O) groups excluding carboxylic acids is 1. The van der Waals surface area contributed by atoms with Gasteiger partial charge >= 0.3 is 0 Å². The Morgan fingerprint density at radius 2 is 1.71 bits per heavy atom. The Morgan fingerprint density at radius 3 is 2.48 bits per heavy atom. The SMILES string of the molecule is Nc1n[nH]c2ccc(N(Cc3ccccc3)C(C(=O)N3CCOc4cc(-c5ccccc5S(N)(=O)=O)ccc43)c3ccc(O)cc3)cc12. The summed E-state index contributed by atoms with van der Waals surface area (Å²) >= 11 is 0. The molecule has 5 aromatic carbocycles. The summed E-state index contributed by atoms with van der Waals surface area (Å²) in [6, 6.07) is 33.1. The summed E-state index contributed by atoms with van der Waals surface area (Å²) in [5.41, 5.74) is 10.9. The van der Waals surface area contributed by atoms with Gasteiger partial charge in [-0.15, -0.1) is 0 Å². The molecular formula is C36H32N6O5S. The second kappa shape index (κ2) is 12.4. The number of phenolic OH excluding ortho intramolecular Hbond substituents is 1. The van der Waals surface area contributed by atoms with Crippen LogP contribution in [0.15, 0.2) is 120 Å². The van der Waals surface area contributed by atoms with E-state index in [1.54, 1.807) is 65.6 Å². The highest BCUT2D eigenvalue weighted by Crippen LogP contribution is 2.41. The Balaban J connectivity index is 1.34. The van der Waals surface area contributed by atoms with Crippen molar-refractivity contribution in [2.45, 2.75) is 17.5 Å². The molecule has 1 unspecified atom stereocenters. The quantitative estimate of drug-likeness (QED) is 0.170. The molecule has 1 aliphatic heterocycles. The van der Waals surface area contributed by atoms with Gasteiger partial charge in [-0.1, -0.05) is 66.7 Å². The molecule has 2 heterocycles. The molecule has 6 aromatic rings. The molecule has 1 aliphatic rings. The topological polar surface area (TPSA) is 168 Å². The highest BCUT2D eigenvalue weighted by molar-refractivity contribution is 7.89. The first-order valence-corrected chi connectivity index (χ1v) is 16.8. The minimum Gasteiger partial charge on any atom is -0.508 e. The Kier molecular flexibility index (Phi) is 7.95. The van der Waals surface area contributed by atoms with Gasteiger partial charge in [-0.05, 0) is 65.2 Å². The third kappa shape index (κ3) is 5.90. The molecule has 1 atom stereocenters. The summed E-state index contributed by atoms with van der Waals surface area (Å²) in [5, 5.41) is 23.5. The van der Waals surface area contributed by atoms with E-state index in [4.69, 9.17) is 15.6 Å². The number of hydrogen-bond donors (Lipinski definition) is 4. The number of benzene rings is 5. The number of nitrogen functional groups attached to an aromatic ring is 1. The molecule has 242 valence electrons. The number of anilines is 3. The first-order valence-electron chi connectivity index (χ1n) is 15.2. The molecule has 0 saturated carbocycles. The first kappa shape index (κ1) is 30.8. The van der Waals surface area contributed by atoms with Crippen LogP contribution in [0.2, 0.25) is 0 Å². The molecule has 0 radical (unpaired) electrons. The van der Waals surface area contributed by atoms with E-state index in [0.717, 1.165) is 22.2 Å². The normalized spacial score (nSPS) is 13.5. The smallest absolute Gasteiger partial charge is 0.254 e. The van der Waals surface area contributed by atoms with Crippen LogP contribution < -0.4 is 25.4 Å². The van der Waals surface area contributed by atoms with Crippen LogP contribution in [0.5, 0.6) is 11.5 Å². The zero-order chi connectivity index (χ0) is 33.4. The number of carbonyl (C=O) groups is 1. The molecule has 0 fully saturated rings. The predicted molar refractivity (Wildman–Crippen MR) is 185 cm³/mol. The molecule has 1 amide bonds. The summed E-state index contributed by atoms with van der Waals surface area (Å²) in [4.78, 5) is 18.7. The summed E-state index contributed by atoms with van der Waals surface area (Å²) in [6.45, 7) is 0.875. The Morgan fingerprint density at radius 1 is 0.958 bits per heavy atom. The van der Waals surface area contributed by atoms with Gasteiger partial charge < -0.3 is 25.4 Å². The number of sulfonamides is 1. The molecule has 1 aromatic heterocycles. The highest BCUT2D eigenvalue weighted by atomic mass is 32.2. The highest BCUT2D eigenvalue weighted by Gasteiger charge is 2.35. The fourth-order valence-electron chi connectivity index (χ4n) is 6.14. The first-order chi connectivity index (χ1) is 23.2. The second-order valence-corrected chi connectivity index (χ2v) is 13.0. The number of H-pyrrole nitrogens is 1. The lowest BCUT2D eigenvalue weighted by molar-refractivity contribution is -0.120. The molecular weight excluding hydrogens is 629 g/mol. The zero-order valence-corrected chi connectivity index (χ0v) is 26.5. The van der Waals surface area contributed by atoms with E-state index in [1.165, 1.54) is 6.07 Å². The number of aromatic amines is 1. The van der Waals surface area contributed by atoms with Crippen molar-refractivity contribution in [2.24, 2.45) is 5.14 Å². The molecule has 6 N–H and O–H groups in total. The van der Waals surface area contributed by atoms with E-state index >= 15 is 0 Å². The molecule has 12 heteroatoms. The fourth-order valence-corrected chi connectivity index (χ4v) is 6.90. The van der Waals surface area contributed by atoms with Crippen molar-refractivity contribution in [3.8, 4) is 22.6 Å². The number of phenols is 1. The second-order valence-electron chi connectivity index (χ2n) is 11.5. The van der Waals surface area contributed by atoms with Crippen LogP contribution in [0.25, 0.3) is 22.0 Å². The largest absolute Gasteiger partial charge is 0.508 e. The van der Waals surface area contributed by atoms with Crippen LogP contribution in [-0.2, 0) is 21.4 Å². The summed E-state index contributed by atoms with van der Waals surface area (Å²) in [7, 11) is -3.99. The van der Waals surface area contributed by atoms with Crippen molar-refractivity contribution >= 4 is 44.0 Å². The van der Waals surface area contributed by atoms with Crippen LogP contribution in [0.3, 0.4) is 0 Å². The minimum absolute atomic E-state index is 0.00660. The van der Waals surface area contributed by atoms with E-state index in [0.29, 0.717) is 40.5 Å². The Bertz CT molecular complexity index is 2240. The monoisotopic (exact) mass is 660 g/mol. The lowest BCUT2D eigenvalue weighted by Crippen LogP contribution is -2.46. The Hall–Kier alpha value is -5.85. The van der Waals surface area contributed by atoms with Crippen molar-refractivity contribution < 1.29 is 23.1 Å². The maximum Gasteiger partial charge on any atom is 0.254 e. The molecule has 11 nitrogen and oxygen atoms in total. The number of nitrogens with two attached hydrogens (primary N) is 2. The van der Waals surface area contributed by atoms with Gasteiger partial charge in [0.2, 0.25) is 10.0 Å².